The Morgan fingerprint density at radius 3 is 2.91 bits per heavy atom. The minimum atomic E-state index is -0.575. The van der Waals surface area contributed by atoms with Gasteiger partial charge in [0.1, 0.15) is 17.2 Å². The highest BCUT2D eigenvalue weighted by atomic mass is 16.6. The second-order valence-corrected chi connectivity index (χ2v) is 4.21. The van der Waals surface area contributed by atoms with Crippen molar-refractivity contribution in [2.75, 3.05) is 11.9 Å². The highest BCUT2D eigenvalue weighted by molar-refractivity contribution is 6.03. The smallest absolute Gasteiger partial charge is 0.296 e. The van der Waals surface area contributed by atoms with E-state index in [0.717, 1.165) is 0 Å². The molecule has 0 fully saturated rings. The van der Waals surface area contributed by atoms with Crippen molar-refractivity contribution in [2.24, 2.45) is 0 Å². The number of nitro benzene ring substituents is 1. The van der Waals surface area contributed by atoms with Crippen LogP contribution in [-0.4, -0.2) is 17.4 Å². The third-order valence-electron chi connectivity index (χ3n) is 2.68. The van der Waals surface area contributed by atoms with Gasteiger partial charge in [0, 0.05) is 6.08 Å². The average Bonchev–Trinajstić information content (AvgIpc) is 3.00. The number of hydrogen-bond acceptors (Lipinski definition) is 5. The van der Waals surface area contributed by atoms with Gasteiger partial charge in [-0.25, -0.2) is 0 Å². The Balaban J connectivity index is 2.14. The summed E-state index contributed by atoms with van der Waals surface area (Å²) in [7, 11) is 0. The van der Waals surface area contributed by atoms with Crippen LogP contribution in [0, 0.1) is 10.1 Å². The number of amides is 1. The molecule has 2 rings (SSSR count). The predicted molar refractivity (Wildman–Crippen MR) is 80.6 cm³/mol. The van der Waals surface area contributed by atoms with Crippen LogP contribution in [0.3, 0.4) is 0 Å². The number of benzene rings is 1. The van der Waals surface area contributed by atoms with Crippen molar-refractivity contribution in [1.82, 2.24) is 0 Å². The molecule has 0 saturated heterocycles. The fourth-order valence-corrected chi connectivity index (χ4v) is 1.74. The first-order valence-corrected chi connectivity index (χ1v) is 6.54. The van der Waals surface area contributed by atoms with Crippen molar-refractivity contribution in [3.05, 3.63) is 58.5 Å². The van der Waals surface area contributed by atoms with Gasteiger partial charge in [0.05, 0.1) is 23.9 Å². The van der Waals surface area contributed by atoms with E-state index in [2.05, 4.69) is 5.32 Å². The summed E-state index contributed by atoms with van der Waals surface area (Å²) in [5.41, 5.74) is -0.131. The summed E-state index contributed by atoms with van der Waals surface area (Å²) in [5.74, 6) is 0.387. The maximum atomic E-state index is 11.8. The Morgan fingerprint density at radius 1 is 1.45 bits per heavy atom. The molecule has 0 unspecified atom stereocenters. The Bertz CT molecular complexity index is 692. The second kappa shape index (κ2) is 7.07. The zero-order chi connectivity index (χ0) is 15.9. The third kappa shape index (κ3) is 3.95. The molecule has 0 atom stereocenters. The number of nitrogens with one attached hydrogen (secondary N) is 1. The molecule has 0 spiro atoms. The van der Waals surface area contributed by atoms with E-state index in [1.165, 1.54) is 30.5 Å². The average molecular weight is 302 g/mol. The molecule has 1 heterocycles. The zero-order valence-corrected chi connectivity index (χ0v) is 11.8. The molecule has 7 heteroatoms. The number of hydrogen-bond donors (Lipinski definition) is 1. The number of ether oxygens (including phenoxy) is 1. The molecule has 22 heavy (non-hydrogen) atoms. The lowest BCUT2D eigenvalue weighted by Crippen LogP contribution is -2.09. The summed E-state index contributed by atoms with van der Waals surface area (Å²) in [6.45, 7) is 2.18. The fraction of sp³-hybridized carbons (Fsp3) is 0.133. The molecule has 1 aromatic carbocycles. The van der Waals surface area contributed by atoms with E-state index in [4.69, 9.17) is 9.15 Å². The van der Waals surface area contributed by atoms with Gasteiger partial charge < -0.3 is 14.5 Å². The standard InChI is InChI=1S/C15H14N2O5/c1-2-21-12-5-7-13(14(10-12)17(19)20)16-15(18)8-6-11-4-3-9-22-11/h3-10H,2H2,1H3,(H,16,18). The van der Waals surface area contributed by atoms with E-state index in [9.17, 15) is 14.9 Å². The molecule has 0 saturated carbocycles. The van der Waals surface area contributed by atoms with Gasteiger partial charge >= 0.3 is 0 Å². The van der Waals surface area contributed by atoms with E-state index in [1.807, 2.05) is 0 Å². The SMILES string of the molecule is CCOc1ccc(NC(=O)C=Cc2ccco2)c([N+](=O)[O-])c1. The number of nitro groups is 1. The maximum Gasteiger partial charge on any atom is 0.296 e. The first kappa shape index (κ1) is 15.3. The van der Waals surface area contributed by atoms with Gasteiger partial charge in [0.25, 0.3) is 5.69 Å². The summed E-state index contributed by atoms with van der Waals surface area (Å²) >= 11 is 0. The van der Waals surface area contributed by atoms with Crippen LogP contribution in [0.1, 0.15) is 12.7 Å². The lowest BCUT2D eigenvalue weighted by molar-refractivity contribution is -0.384. The summed E-state index contributed by atoms with van der Waals surface area (Å²) in [4.78, 5) is 22.3. The third-order valence-corrected chi connectivity index (χ3v) is 2.68. The molecular weight excluding hydrogens is 288 g/mol. The number of anilines is 1. The minimum Gasteiger partial charge on any atom is -0.494 e. The van der Waals surface area contributed by atoms with Crippen molar-refractivity contribution < 1.29 is 18.9 Å². The van der Waals surface area contributed by atoms with Crippen molar-refractivity contribution in [3.63, 3.8) is 0 Å². The summed E-state index contributed by atoms with van der Waals surface area (Å²) in [6, 6.07) is 7.64. The van der Waals surface area contributed by atoms with E-state index >= 15 is 0 Å². The highest BCUT2D eigenvalue weighted by Crippen LogP contribution is 2.29. The molecule has 0 radical (unpaired) electrons. The van der Waals surface area contributed by atoms with Crippen LogP contribution in [0.4, 0.5) is 11.4 Å². The van der Waals surface area contributed by atoms with Crippen molar-refractivity contribution >= 4 is 23.4 Å². The topological polar surface area (TPSA) is 94.6 Å². The zero-order valence-electron chi connectivity index (χ0n) is 11.8. The van der Waals surface area contributed by atoms with Crippen molar-refractivity contribution in [3.8, 4) is 5.75 Å². The normalized spacial score (nSPS) is 10.6. The first-order valence-electron chi connectivity index (χ1n) is 6.54. The molecule has 1 amide bonds. The molecule has 0 aliphatic carbocycles. The number of nitrogens with zero attached hydrogens (tertiary/aromatic N) is 1. The molecule has 0 bridgehead atoms. The lowest BCUT2D eigenvalue weighted by atomic mass is 10.2. The quantitative estimate of drug-likeness (QED) is 0.502. The molecule has 0 aliphatic rings. The van der Waals surface area contributed by atoms with Crippen LogP contribution >= 0.6 is 0 Å². The Labute approximate surface area is 126 Å². The Morgan fingerprint density at radius 2 is 2.27 bits per heavy atom. The maximum absolute atomic E-state index is 11.8. The van der Waals surface area contributed by atoms with Crippen LogP contribution in [-0.2, 0) is 4.79 Å². The van der Waals surface area contributed by atoms with Gasteiger partial charge in [0.15, 0.2) is 0 Å². The van der Waals surface area contributed by atoms with Gasteiger partial charge in [-0.2, -0.15) is 0 Å². The largest absolute Gasteiger partial charge is 0.494 e. The number of carbonyl (C=O) groups excluding carboxylic acids is 1. The molecule has 114 valence electrons. The van der Waals surface area contributed by atoms with E-state index in [-0.39, 0.29) is 11.4 Å². The molecular formula is C15H14N2O5. The highest BCUT2D eigenvalue weighted by Gasteiger charge is 2.16. The molecule has 1 N–H and O–H groups in total. The molecule has 2 aromatic rings. The summed E-state index contributed by atoms with van der Waals surface area (Å²) in [6.07, 6.45) is 4.18. The molecule has 0 aliphatic heterocycles. The van der Waals surface area contributed by atoms with E-state index in [1.54, 1.807) is 25.1 Å². The molecule has 1 aromatic heterocycles. The van der Waals surface area contributed by atoms with Crippen molar-refractivity contribution in [2.45, 2.75) is 6.92 Å². The van der Waals surface area contributed by atoms with Crippen LogP contribution in [0.15, 0.2) is 47.1 Å². The summed E-state index contributed by atoms with van der Waals surface area (Å²) in [5, 5.41) is 13.5. The van der Waals surface area contributed by atoms with Crippen molar-refractivity contribution in [1.29, 1.82) is 0 Å². The van der Waals surface area contributed by atoms with Gasteiger partial charge in [-0.05, 0) is 37.3 Å². The van der Waals surface area contributed by atoms with E-state index < -0.39 is 10.8 Å². The minimum absolute atomic E-state index is 0.0996. The van der Waals surface area contributed by atoms with Crippen LogP contribution in [0.25, 0.3) is 6.08 Å². The number of carbonyl (C=O) groups is 1. The fourth-order valence-electron chi connectivity index (χ4n) is 1.74. The lowest BCUT2D eigenvalue weighted by Gasteiger charge is -2.06. The van der Waals surface area contributed by atoms with Gasteiger partial charge in [-0.15, -0.1) is 0 Å². The van der Waals surface area contributed by atoms with Crippen LogP contribution in [0.5, 0.6) is 5.75 Å². The summed E-state index contributed by atoms with van der Waals surface area (Å²) < 4.78 is 10.3. The van der Waals surface area contributed by atoms with Crippen LogP contribution < -0.4 is 10.1 Å². The van der Waals surface area contributed by atoms with Crippen LogP contribution in [0.2, 0.25) is 0 Å². The Hall–Kier alpha value is -3.09. The van der Waals surface area contributed by atoms with Gasteiger partial charge in [-0.1, -0.05) is 0 Å². The predicted octanol–water partition coefficient (Wildman–Crippen LogP) is 3.24. The monoisotopic (exact) mass is 302 g/mol. The first-order chi connectivity index (χ1) is 10.6. The van der Waals surface area contributed by atoms with Gasteiger partial charge in [-0.3, -0.25) is 14.9 Å². The molecule has 7 nitrogen and oxygen atoms in total. The number of rotatable bonds is 6. The number of furan rings is 1. The van der Waals surface area contributed by atoms with E-state index in [0.29, 0.717) is 18.1 Å². The Kier molecular flexibility index (Phi) is 4.92. The second-order valence-electron chi connectivity index (χ2n) is 4.21. The van der Waals surface area contributed by atoms with Gasteiger partial charge in [0.2, 0.25) is 5.91 Å².